The van der Waals surface area contributed by atoms with Crippen LogP contribution in [0, 0.1) is 0 Å². The van der Waals surface area contributed by atoms with Crippen LogP contribution in [0.4, 0.5) is 17.5 Å². The molecule has 1 heterocycles. The van der Waals surface area contributed by atoms with E-state index in [2.05, 4.69) is 52.5 Å². The number of sulfonamides is 1. The van der Waals surface area contributed by atoms with Crippen LogP contribution in [0.25, 0.3) is 0 Å². The van der Waals surface area contributed by atoms with E-state index >= 15 is 0 Å². The van der Waals surface area contributed by atoms with Crippen molar-refractivity contribution in [3.8, 4) is 0 Å². The molecule has 27 heavy (non-hydrogen) atoms. The van der Waals surface area contributed by atoms with Crippen molar-refractivity contribution in [2.75, 3.05) is 17.2 Å². The molecule has 0 aliphatic carbocycles. The van der Waals surface area contributed by atoms with Crippen LogP contribution in [-0.4, -0.2) is 36.1 Å². The molecule has 2 rings (SSSR count). The number of aliphatic hydroxyl groups excluding tert-OH is 1. The van der Waals surface area contributed by atoms with Crippen molar-refractivity contribution in [3.05, 3.63) is 32.8 Å². The minimum atomic E-state index is -3.87. The summed E-state index contributed by atoms with van der Waals surface area (Å²) in [5, 5.41) is 20.7. The Morgan fingerprint density at radius 1 is 1.22 bits per heavy atom. The Labute approximate surface area is 175 Å². The van der Waals surface area contributed by atoms with Gasteiger partial charge >= 0.3 is 0 Å². The van der Waals surface area contributed by atoms with Crippen LogP contribution in [0.2, 0.25) is 0 Å². The lowest BCUT2D eigenvalue weighted by Gasteiger charge is -2.17. The Hall–Kier alpha value is -1.27. The first-order chi connectivity index (χ1) is 12.5. The first-order valence-corrected chi connectivity index (χ1v) is 11.2. The summed E-state index contributed by atoms with van der Waals surface area (Å²) in [5.41, 5.74) is 1.19. The lowest BCUT2D eigenvalue weighted by Crippen LogP contribution is -2.20. The summed E-state index contributed by atoms with van der Waals surface area (Å²) >= 11 is 6.66. The average molecular weight is 523 g/mol. The van der Waals surface area contributed by atoms with Gasteiger partial charge in [-0.3, -0.25) is 0 Å². The minimum absolute atomic E-state index is 0.0427. The number of hydrogen-bond acceptors (Lipinski definition) is 7. The first kappa shape index (κ1) is 22.0. The second kappa shape index (κ2) is 8.82. The van der Waals surface area contributed by atoms with E-state index in [9.17, 15) is 13.5 Å². The highest BCUT2D eigenvalue weighted by Gasteiger charge is 2.21. The summed E-state index contributed by atoms with van der Waals surface area (Å²) in [4.78, 5) is 8.66. The number of nitrogens with two attached hydrogens (primary N) is 1. The topological polar surface area (TPSA) is 130 Å². The van der Waals surface area contributed by atoms with Crippen molar-refractivity contribution in [3.63, 3.8) is 0 Å². The van der Waals surface area contributed by atoms with Gasteiger partial charge in [0.2, 0.25) is 16.0 Å². The fourth-order valence-corrected chi connectivity index (χ4v) is 4.76. The van der Waals surface area contributed by atoms with E-state index in [1.165, 1.54) is 0 Å². The molecule has 5 N–H and O–H groups in total. The van der Waals surface area contributed by atoms with E-state index in [1.54, 1.807) is 18.3 Å². The molecule has 148 valence electrons. The molecule has 2 aromatic rings. The number of rotatable bonds is 7. The molecule has 1 aromatic heterocycles. The molecule has 0 aliphatic heterocycles. The number of hydrogen-bond donors (Lipinski definition) is 4. The standard InChI is InChI=1S/C16H21Br2N5O3S/c1-8(2)11-4-10(5-12(17)14(11)27(19,25)26)22-16-20-6-13(18)15(23-16)21-9(3)7-24/h4-6,8-9,24H,7H2,1-3H3,(H2,19,25,26)(H2,20,21,22,23)/t9-/m1/s1. The van der Waals surface area contributed by atoms with Gasteiger partial charge in [0.1, 0.15) is 5.82 Å². The molecule has 1 atom stereocenters. The highest BCUT2D eigenvalue weighted by atomic mass is 79.9. The predicted molar refractivity (Wildman–Crippen MR) is 113 cm³/mol. The number of nitrogens with zero attached hydrogens (tertiary/aromatic N) is 2. The molecule has 8 nitrogen and oxygen atoms in total. The maximum Gasteiger partial charge on any atom is 0.239 e. The molecule has 0 saturated carbocycles. The van der Waals surface area contributed by atoms with Crippen LogP contribution in [0.5, 0.6) is 0 Å². The third kappa shape index (κ3) is 5.61. The second-order valence-electron chi connectivity index (χ2n) is 6.32. The first-order valence-electron chi connectivity index (χ1n) is 8.06. The van der Waals surface area contributed by atoms with Crippen LogP contribution < -0.4 is 15.8 Å². The van der Waals surface area contributed by atoms with E-state index in [1.807, 2.05) is 20.8 Å². The number of aliphatic hydroxyl groups is 1. The zero-order chi connectivity index (χ0) is 20.4. The van der Waals surface area contributed by atoms with Crippen molar-refractivity contribution in [1.29, 1.82) is 0 Å². The molecule has 0 spiro atoms. The quantitative estimate of drug-likeness (QED) is 0.438. The highest BCUT2D eigenvalue weighted by molar-refractivity contribution is 9.10. The number of nitrogens with one attached hydrogen (secondary N) is 2. The Balaban J connectivity index is 2.42. The Kier molecular flexibility index (Phi) is 7.20. The van der Waals surface area contributed by atoms with Crippen molar-refractivity contribution in [2.24, 2.45) is 5.14 Å². The molecule has 0 saturated heterocycles. The fraction of sp³-hybridized carbons (Fsp3) is 0.375. The zero-order valence-corrected chi connectivity index (χ0v) is 19.0. The number of halogens is 2. The fourth-order valence-electron chi connectivity index (χ4n) is 2.35. The van der Waals surface area contributed by atoms with Gasteiger partial charge in [-0.05, 0) is 62.4 Å². The van der Waals surface area contributed by atoms with E-state index in [0.29, 0.717) is 32.0 Å². The molecule has 0 radical (unpaired) electrons. The summed E-state index contributed by atoms with van der Waals surface area (Å²) in [5.74, 6) is 0.777. The molecular weight excluding hydrogens is 502 g/mol. The van der Waals surface area contributed by atoms with Crippen molar-refractivity contribution < 1.29 is 13.5 Å². The largest absolute Gasteiger partial charge is 0.394 e. The molecule has 0 unspecified atom stereocenters. The third-order valence-corrected chi connectivity index (χ3v) is 6.13. The van der Waals surface area contributed by atoms with Crippen LogP contribution in [0.3, 0.4) is 0 Å². The summed E-state index contributed by atoms with van der Waals surface area (Å²) < 4.78 is 24.9. The van der Waals surface area contributed by atoms with Crippen LogP contribution >= 0.6 is 31.9 Å². The summed E-state index contributed by atoms with van der Waals surface area (Å²) in [6.07, 6.45) is 1.58. The van der Waals surface area contributed by atoms with E-state index in [4.69, 9.17) is 5.14 Å². The maximum absolute atomic E-state index is 11.9. The molecule has 0 fully saturated rings. The molecule has 0 aliphatic rings. The lowest BCUT2D eigenvalue weighted by atomic mass is 10.0. The Morgan fingerprint density at radius 3 is 2.44 bits per heavy atom. The van der Waals surface area contributed by atoms with Crippen molar-refractivity contribution in [1.82, 2.24) is 9.97 Å². The van der Waals surface area contributed by atoms with E-state index < -0.39 is 10.0 Å². The predicted octanol–water partition coefficient (Wildman–Crippen LogP) is 3.31. The van der Waals surface area contributed by atoms with Gasteiger partial charge in [-0.15, -0.1) is 0 Å². The Morgan fingerprint density at radius 2 is 1.89 bits per heavy atom. The van der Waals surface area contributed by atoms with Crippen molar-refractivity contribution in [2.45, 2.75) is 37.6 Å². The second-order valence-corrected chi connectivity index (χ2v) is 9.53. The van der Waals surface area contributed by atoms with Gasteiger partial charge in [-0.1, -0.05) is 13.8 Å². The maximum atomic E-state index is 11.9. The van der Waals surface area contributed by atoms with Gasteiger partial charge in [0, 0.05) is 22.4 Å². The normalized spacial score (nSPS) is 12.9. The minimum Gasteiger partial charge on any atom is -0.394 e. The Bertz CT molecular complexity index is 938. The van der Waals surface area contributed by atoms with Crippen LogP contribution in [0.15, 0.2) is 32.2 Å². The summed E-state index contributed by atoms with van der Waals surface area (Å²) in [6.45, 7) is 5.54. The number of primary sulfonamides is 1. The molecule has 1 aromatic carbocycles. The van der Waals surface area contributed by atoms with Gasteiger partial charge in [0.25, 0.3) is 0 Å². The SMILES string of the molecule is CC(C)c1cc(Nc2ncc(Br)c(N[C@H](C)CO)n2)cc(Br)c1S(N)(=O)=O. The van der Waals surface area contributed by atoms with Crippen LogP contribution in [0.1, 0.15) is 32.3 Å². The molecule has 0 bridgehead atoms. The number of benzene rings is 1. The van der Waals surface area contributed by atoms with Crippen molar-refractivity contribution >= 4 is 59.3 Å². The number of anilines is 3. The van der Waals surface area contributed by atoms with Crippen LogP contribution in [-0.2, 0) is 10.0 Å². The summed E-state index contributed by atoms with van der Waals surface area (Å²) in [6, 6.07) is 3.14. The van der Waals surface area contributed by atoms with Gasteiger partial charge in [-0.2, -0.15) is 4.98 Å². The lowest BCUT2D eigenvalue weighted by molar-refractivity contribution is 0.281. The smallest absolute Gasteiger partial charge is 0.239 e. The van der Waals surface area contributed by atoms with Gasteiger partial charge in [-0.25, -0.2) is 18.5 Å². The monoisotopic (exact) mass is 521 g/mol. The molecular formula is C16H21Br2N5O3S. The van der Waals surface area contributed by atoms with Gasteiger partial charge in [0.15, 0.2) is 0 Å². The number of aromatic nitrogens is 2. The zero-order valence-electron chi connectivity index (χ0n) is 15.0. The molecule has 0 amide bonds. The third-order valence-electron chi connectivity index (χ3n) is 3.64. The van der Waals surface area contributed by atoms with E-state index in [-0.39, 0.29) is 23.5 Å². The van der Waals surface area contributed by atoms with E-state index in [0.717, 1.165) is 0 Å². The average Bonchev–Trinajstić information content (AvgIpc) is 2.55. The highest BCUT2D eigenvalue weighted by Crippen LogP contribution is 2.34. The van der Waals surface area contributed by atoms with Gasteiger partial charge < -0.3 is 15.7 Å². The summed E-state index contributed by atoms with van der Waals surface area (Å²) in [7, 11) is -3.87. The van der Waals surface area contributed by atoms with Gasteiger partial charge in [0.05, 0.1) is 16.0 Å². The molecule has 11 heteroatoms.